The first-order valence-electron chi connectivity index (χ1n) is 10.6. The van der Waals surface area contributed by atoms with Gasteiger partial charge in [-0.3, -0.25) is 0 Å². The predicted molar refractivity (Wildman–Crippen MR) is 117 cm³/mol. The van der Waals surface area contributed by atoms with Gasteiger partial charge in [0.15, 0.2) is 0 Å². The Bertz CT molecular complexity index is 474. The SMILES string of the molecule is CCC[CH2][Sn](/[CH]=C/CC(O)c1ccc(OC)cc1)([CH2]CCC)[CH2]CCC. The van der Waals surface area contributed by atoms with Gasteiger partial charge in [-0.15, -0.1) is 0 Å². The Balaban J connectivity index is 2.78. The zero-order valence-corrected chi connectivity index (χ0v) is 20.3. The van der Waals surface area contributed by atoms with E-state index >= 15 is 0 Å². The van der Waals surface area contributed by atoms with E-state index in [0.717, 1.165) is 17.7 Å². The number of aliphatic hydroxyl groups is 1. The van der Waals surface area contributed by atoms with Crippen molar-refractivity contribution >= 4 is 18.4 Å². The van der Waals surface area contributed by atoms with Crippen LogP contribution in [0.5, 0.6) is 5.75 Å². The second kappa shape index (κ2) is 13.7. The van der Waals surface area contributed by atoms with Gasteiger partial charge in [0.1, 0.15) is 0 Å². The molecule has 1 aromatic carbocycles. The van der Waals surface area contributed by atoms with Crippen molar-refractivity contribution in [3.8, 4) is 5.75 Å². The van der Waals surface area contributed by atoms with Crippen LogP contribution in [0.2, 0.25) is 13.3 Å². The standard InChI is InChI=1S/C11H13O2.3C4H9.Sn/c1-3-4-11(12)9-5-7-10(13-2)8-6-9;3*1-3-4-2;/h1,3,5-8,11-12H,4H2,2H3;3*1,3-4H2,2H3;. The molecule has 0 saturated heterocycles. The third-order valence-corrected chi connectivity index (χ3v) is 19.7. The number of ether oxygens (including phenoxy) is 1. The molecule has 148 valence electrons. The normalized spacial score (nSPS) is 13.3. The molecule has 1 aromatic rings. The second-order valence-electron chi connectivity index (χ2n) is 7.60. The summed E-state index contributed by atoms with van der Waals surface area (Å²) >= 11 is -2.21. The van der Waals surface area contributed by atoms with Crippen LogP contribution in [0.25, 0.3) is 0 Å². The van der Waals surface area contributed by atoms with Gasteiger partial charge < -0.3 is 0 Å². The molecular weight excluding hydrogens is 427 g/mol. The van der Waals surface area contributed by atoms with Crippen molar-refractivity contribution in [1.29, 1.82) is 0 Å². The van der Waals surface area contributed by atoms with Crippen molar-refractivity contribution in [2.24, 2.45) is 0 Å². The molecule has 0 spiro atoms. The molecule has 1 rings (SSSR count). The fourth-order valence-corrected chi connectivity index (χ4v) is 18.1. The van der Waals surface area contributed by atoms with Crippen LogP contribution in [0.1, 0.15) is 77.4 Å². The molecule has 0 fully saturated rings. The van der Waals surface area contributed by atoms with Crippen molar-refractivity contribution in [2.75, 3.05) is 7.11 Å². The van der Waals surface area contributed by atoms with Crippen molar-refractivity contribution in [3.63, 3.8) is 0 Å². The second-order valence-corrected chi connectivity index (χ2v) is 20.6. The van der Waals surface area contributed by atoms with E-state index in [-0.39, 0.29) is 0 Å². The van der Waals surface area contributed by atoms with Crippen molar-refractivity contribution in [1.82, 2.24) is 0 Å². The summed E-state index contributed by atoms with van der Waals surface area (Å²) in [5.41, 5.74) is 0.979. The average Bonchev–Trinajstić information content (AvgIpc) is 2.68. The maximum atomic E-state index is 10.5. The Kier molecular flexibility index (Phi) is 12.4. The molecule has 0 amide bonds. The van der Waals surface area contributed by atoms with Gasteiger partial charge in [0.2, 0.25) is 0 Å². The maximum absolute atomic E-state index is 10.5. The Hall–Kier alpha value is -0.481. The van der Waals surface area contributed by atoms with Crippen LogP contribution >= 0.6 is 0 Å². The van der Waals surface area contributed by atoms with Crippen LogP contribution in [-0.2, 0) is 0 Å². The van der Waals surface area contributed by atoms with E-state index in [1.54, 1.807) is 7.11 Å². The number of hydrogen-bond donors (Lipinski definition) is 1. The van der Waals surface area contributed by atoms with Gasteiger partial charge in [0.25, 0.3) is 0 Å². The molecule has 1 atom stereocenters. The summed E-state index contributed by atoms with van der Waals surface area (Å²) in [7, 11) is 1.67. The summed E-state index contributed by atoms with van der Waals surface area (Å²) in [6.07, 6.45) is 10.7. The predicted octanol–water partition coefficient (Wildman–Crippen LogP) is 7.06. The first-order chi connectivity index (χ1) is 12.6. The Morgan fingerprint density at radius 3 is 1.85 bits per heavy atom. The number of unbranched alkanes of at least 4 members (excludes halogenated alkanes) is 3. The first-order valence-corrected chi connectivity index (χ1v) is 18.3. The summed E-state index contributed by atoms with van der Waals surface area (Å²) in [6.45, 7) is 6.94. The van der Waals surface area contributed by atoms with Crippen molar-refractivity contribution in [3.05, 3.63) is 40.0 Å². The van der Waals surface area contributed by atoms with Crippen molar-refractivity contribution in [2.45, 2.75) is 85.1 Å². The monoisotopic (exact) mass is 468 g/mol. The van der Waals surface area contributed by atoms with E-state index in [9.17, 15) is 5.11 Å². The number of hydrogen-bond acceptors (Lipinski definition) is 2. The molecule has 0 aliphatic rings. The molecule has 0 bridgehead atoms. The molecular formula is C23H40O2Sn. The van der Waals surface area contributed by atoms with Crippen LogP contribution in [-0.4, -0.2) is 30.6 Å². The van der Waals surface area contributed by atoms with Crippen LogP contribution in [0.15, 0.2) is 34.4 Å². The Labute approximate surface area is 165 Å². The Morgan fingerprint density at radius 1 is 0.923 bits per heavy atom. The average molecular weight is 467 g/mol. The summed E-state index contributed by atoms with van der Waals surface area (Å²) in [4.78, 5) is 0. The van der Waals surface area contributed by atoms with E-state index in [0.29, 0.717) is 0 Å². The fourth-order valence-electron chi connectivity index (χ4n) is 3.62. The van der Waals surface area contributed by atoms with Crippen LogP contribution in [0, 0.1) is 0 Å². The summed E-state index contributed by atoms with van der Waals surface area (Å²) in [6, 6.07) is 7.79. The number of aliphatic hydroxyl groups excluding tert-OH is 1. The summed E-state index contributed by atoms with van der Waals surface area (Å²) < 4.78 is 12.3. The number of rotatable bonds is 14. The molecule has 0 aliphatic heterocycles. The molecule has 0 aliphatic carbocycles. The van der Waals surface area contributed by atoms with E-state index in [1.807, 2.05) is 24.3 Å². The summed E-state index contributed by atoms with van der Waals surface area (Å²) in [5, 5.41) is 10.5. The third-order valence-electron chi connectivity index (χ3n) is 5.42. The van der Waals surface area contributed by atoms with Gasteiger partial charge in [-0.2, -0.15) is 0 Å². The van der Waals surface area contributed by atoms with Crippen LogP contribution < -0.4 is 4.74 Å². The van der Waals surface area contributed by atoms with E-state index < -0.39 is 24.5 Å². The van der Waals surface area contributed by atoms with Crippen LogP contribution in [0.3, 0.4) is 0 Å². The van der Waals surface area contributed by atoms with Gasteiger partial charge in [0.05, 0.1) is 0 Å². The zero-order chi connectivity index (χ0) is 19.3. The Morgan fingerprint density at radius 2 is 1.42 bits per heavy atom. The van der Waals surface area contributed by atoms with Gasteiger partial charge in [0, 0.05) is 0 Å². The molecule has 0 heterocycles. The van der Waals surface area contributed by atoms with E-state index in [2.05, 4.69) is 30.9 Å². The molecule has 0 aromatic heterocycles. The molecule has 26 heavy (non-hydrogen) atoms. The molecule has 0 saturated carbocycles. The fraction of sp³-hybridized carbons (Fsp3) is 0.652. The molecule has 1 N–H and O–H groups in total. The minimum atomic E-state index is -2.21. The summed E-state index contributed by atoms with van der Waals surface area (Å²) in [5.74, 6) is 0.838. The van der Waals surface area contributed by atoms with Gasteiger partial charge in [-0.1, -0.05) is 0 Å². The first kappa shape index (κ1) is 23.6. The topological polar surface area (TPSA) is 29.5 Å². The van der Waals surface area contributed by atoms with E-state index in [1.165, 1.54) is 51.8 Å². The number of benzene rings is 1. The molecule has 1 unspecified atom stereocenters. The number of methoxy groups -OCH3 is 1. The third kappa shape index (κ3) is 8.47. The van der Waals surface area contributed by atoms with E-state index in [4.69, 9.17) is 4.74 Å². The molecule has 3 heteroatoms. The quantitative estimate of drug-likeness (QED) is 0.297. The van der Waals surface area contributed by atoms with Gasteiger partial charge in [-0.05, 0) is 0 Å². The van der Waals surface area contributed by atoms with Gasteiger partial charge >= 0.3 is 166 Å². The molecule has 0 radical (unpaired) electrons. The van der Waals surface area contributed by atoms with Crippen molar-refractivity contribution < 1.29 is 9.84 Å². The minimum absolute atomic E-state index is 0.412. The van der Waals surface area contributed by atoms with Crippen LogP contribution in [0.4, 0.5) is 0 Å². The molecule has 2 nitrogen and oxygen atoms in total. The van der Waals surface area contributed by atoms with Gasteiger partial charge in [-0.25, -0.2) is 0 Å². The zero-order valence-electron chi connectivity index (χ0n) is 17.5.